The zero-order valence-corrected chi connectivity index (χ0v) is 16.9. The number of sulfonamides is 1. The molecule has 0 bridgehead atoms. The maximum absolute atomic E-state index is 12.9. The molecule has 0 radical (unpaired) electrons. The van der Waals surface area contributed by atoms with Crippen LogP contribution in [0.25, 0.3) is 0 Å². The quantitative estimate of drug-likeness (QED) is 0.755. The molecule has 1 saturated heterocycles. The first-order valence-corrected chi connectivity index (χ1v) is 10.9. The third-order valence-corrected chi connectivity index (χ3v) is 6.71. The van der Waals surface area contributed by atoms with Crippen LogP contribution in [0, 0.1) is 0 Å². The number of carbonyl (C=O) groups is 2. The van der Waals surface area contributed by atoms with E-state index in [0.717, 1.165) is 0 Å². The van der Waals surface area contributed by atoms with E-state index in [1.54, 1.807) is 18.2 Å². The van der Waals surface area contributed by atoms with Crippen LogP contribution in [0.1, 0.15) is 36.7 Å². The van der Waals surface area contributed by atoms with Gasteiger partial charge in [-0.2, -0.15) is 4.31 Å². The van der Waals surface area contributed by atoms with Gasteiger partial charge in [0.25, 0.3) is 0 Å². The smallest absolute Gasteiger partial charge is 0.338 e. The summed E-state index contributed by atoms with van der Waals surface area (Å²) in [5, 5.41) is 2.83. The molecule has 9 heteroatoms. The van der Waals surface area contributed by atoms with Crippen molar-refractivity contribution in [3.63, 3.8) is 0 Å². The van der Waals surface area contributed by atoms with Crippen LogP contribution in [-0.4, -0.2) is 54.9 Å². The zero-order valence-electron chi connectivity index (χ0n) is 15.3. The van der Waals surface area contributed by atoms with Gasteiger partial charge in [0.15, 0.2) is 0 Å². The van der Waals surface area contributed by atoms with Crippen molar-refractivity contribution >= 4 is 33.7 Å². The number of rotatable bonds is 5. The fraction of sp³-hybridized carbons (Fsp3) is 0.529. The zero-order chi connectivity index (χ0) is 19.5. The van der Waals surface area contributed by atoms with Crippen LogP contribution >= 0.6 is 11.8 Å². The van der Waals surface area contributed by atoms with Gasteiger partial charge in [-0.25, -0.2) is 13.2 Å². The van der Waals surface area contributed by atoms with E-state index in [1.165, 1.54) is 29.2 Å². The number of hydrogen-bond acceptors (Lipinski definition) is 6. The molecule has 0 spiro atoms. The van der Waals surface area contributed by atoms with Crippen molar-refractivity contribution in [3.05, 3.63) is 35.4 Å². The number of nitrogens with zero attached hydrogens (tertiary/aromatic N) is 1. The Hall–Kier alpha value is -1.58. The van der Waals surface area contributed by atoms with Crippen LogP contribution in [0.2, 0.25) is 0 Å². The Labute approximate surface area is 158 Å². The SMILES string of the molecule is COC(=O)c1ccccc1CS(=O)(=O)N1CSCC1C(=O)NC(C)(C)C. The van der Waals surface area contributed by atoms with Gasteiger partial charge < -0.3 is 10.1 Å². The lowest BCUT2D eigenvalue weighted by Crippen LogP contribution is -2.52. The van der Waals surface area contributed by atoms with Crippen molar-refractivity contribution in [2.45, 2.75) is 38.1 Å². The average Bonchev–Trinajstić information content (AvgIpc) is 3.03. The second-order valence-corrected chi connectivity index (χ2v) is 9.97. The van der Waals surface area contributed by atoms with Crippen LogP contribution in [0.15, 0.2) is 24.3 Å². The molecule has 1 heterocycles. The summed E-state index contributed by atoms with van der Waals surface area (Å²) in [4.78, 5) is 24.4. The Balaban J connectivity index is 2.25. The molecule has 1 aliphatic rings. The summed E-state index contributed by atoms with van der Waals surface area (Å²) in [6, 6.07) is 5.67. The maximum atomic E-state index is 12.9. The van der Waals surface area contributed by atoms with Crippen molar-refractivity contribution in [1.82, 2.24) is 9.62 Å². The summed E-state index contributed by atoms with van der Waals surface area (Å²) in [5.41, 5.74) is 0.115. The summed E-state index contributed by atoms with van der Waals surface area (Å²) in [6.45, 7) is 5.54. The van der Waals surface area contributed by atoms with Crippen molar-refractivity contribution < 1.29 is 22.7 Å². The minimum absolute atomic E-state index is 0.209. The highest BCUT2D eigenvalue weighted by atomic mass is 32.2. The molecular formula is C17H24N2O5S2. The first-order valence-electron chi connectivity index (χ1n) is 8.10. The third kappa shape index (κ3) is 4.99. The first-order chi connectivity index (χ1) is 12.0. The van der Waals surface area contributed by atoms with Crippen LogP contribution in [0.4, 0.5) is 0 Å². The summed E-state index contributed by atoms with van der Waals surface area (Å²) >= 11 is 1.39. The van der Waals surface area contributed by atoms with Crippen LogP contribution in [-0.2, 0) is 25.3 Å². The fourth-order valence-electron chi connectivity index (χ4n) is 2.60. The number of ether oxygens (including phenoxy) is 1. The predicted molar refractivity (Wildman–Crippen MR) is 101 cm³/mol. The molecule has 1 aromatic carbocycles. The van der Waals surface area contributed by atoms with Gasteiger partial charge in [0.1, 0.15) is 6.04 Å². The maximum Gasteiger partial charge on any atom is 0.338 e. The van der Waals surface area contributed by atoms with E-state index in [-0.39, 0.29) is 23.1 Å². The standard InChI is InChI=1S/C17H24N2O5S2/c1-17(2,3)18-15(20)14-9-25-11-19(14)26(22,23)10-12-7-5-6-8-13(12)16(21)24-4/h5-8,14H,9-11H2,1-4H3,(H,18,20). The van der Waals surface area contributed by atoms with Crippen molar-refractivity contribution in [2.24, 2.45) is 0 Å². The number of hydrogen-bond donors (Lipinski definition) is 1. The third-order valence-electron chi connectivity index (χ3n) is 3.76. The molecular weight excluding hydrogens is 376 g/mol. The van der Waals surface area contributed by atoms with Gasteiger partial charge in [-0.3, -0.25) is 4.79 Å². The van der Waals surface area contributed by atoms with Crippen molar-refractivity contribution in [1.29, 1.82) is 0 Å². The van der Waals surface area contributed by atoms with Gasteiger partial charge in [-0.15, -0.1) is 11.8 Å². The molecule has 1 fully saturated rings. The summed E-state index contributed by atoms with van der Waals surface area (Å²) in [6.07, 6.45) is 0. The first kappa shape index (κ1) is 20.7. The highest BCUT2D eigenvalue weighted by Crippen LogP contribution is 2.27. The molecule has 0 saturated carbocycles. The highest BCUT2D eigenvalue weighted by molar-refractivity contribution is 8.00. The predicted octanol–water partition coefficient (Wildman–Crippen LogP) is 1.59. The van der Waals surface area contributed by atoms with E-state index >= 15 is 0 Å². The van der Waals surface area contributed by atoms with E-state index in [0.29, 0.717) is 11.3 Å². The average molecular weight is 401 g/mol. The Morgan fingerprint density at radius 2 is 1.96 bits per heavy atom. The van der Waals surface area contributed by atoms with Crippen LogP contribution < -0.4 is 5.32 Å². The molecule has 0 aliphatic carbocycles. The van der Waals surface area contributed by atoms with Gasteiger partial charge in [0.05, 0.1) is 24.3 Å². The van der Waals surface area contributed by atoms with E-state index in [1.807, 2.05) is 20.8 Å². The van der Waals surface area contributed by atoms with Gasteiger partial charge in [-0.05, 0) is 32.4 Å². The highest BCUT2D eigenvalue weighted by Gasteiger charge is 2.40. The van der Waals surface area contributed by atoms with E-state index < -0.39 is 27.6 Å². The Bertz CT molecular complexity index is 787. The second kappa shape index (κ2) is 7.98. The lowest BCUT2D eigenvalue weighted by molar-refractivity contribution is -0.125. The summed E-state index contributed by atoms with van der Waals surface area (Å²) in [5.74, 6) is -0.649. The molecule has 144 valence electrons. The van der Waals surface area contributed by atoms with Crippen molar-refractivity contribution in [2.75, 3.05) is 18.7 Å². The van der Waals surface area contributed by atoms with Gasteiger partial charge in [-0.1, -0.05) is 18.2 Å². The molecule has 1 aliphatic heterocycles. The number of amides is 1. The number of esters is 1. The normalized spacial score (nSPS) is 18.5. The number of methoxy groups -OCH3 is 1. The van der Waals surface area contributed by atoms with Gasteiger partial charge >= 0.3 is 5.97 Å². The summed E-state index contributed by atoms with van der Waals surface area (Å²) < 4.78 is 31.8. The summed E-state index contributed by atoms with van der Waals surface area (Å²) in [7, 11) is -2.54. The molecule has 7 nitrogen and oxygen atoms in total. The lowest BCUT2D eigenvalue weighted by atomic mass is 10.1. The number of benzene rings is 1. The molecule has 26 heavy (non-hydrogen) atoms. The second-order valence-electron chi connectivity index (χ2n) is 7.05. The van der Waals surface area contributed by atoms with E-state index in [4.69, 9.17) is 4.74 Å². The van der Waals surface area contributed by atoms with Crippen LogP contribution in [0.3, 0.4) is 0 Å². The molecule has 1 amide bonds. The Morgan fingerprint density at radius 1 is 1.31 bits per heavy atom. The van der Waals surface area contributed by atoms with Gasteiger partial charge in [0.2, 0.25) is 15.9 Å². The molecule has 1 unspecified atom stereocenters. The minimum atomic E-state index is -3.78. The largest absolute Gasteiger partial charge is 0.465 e. The molecule has 1 atom stereocenters. The van der Waals surface area contributed by atoms with E-state index in [9.17, 15) is 18.0 Å². The topological polar surface area (TPSA) is 92.8 Å². The van der Waals surface area contributed by atoms with Gasteiger partial charge in [0, 0.05) is 11.3 Å². The lowest BCUT2D eigenvalue weighted by Gasteiger charge is -2.27. The Morgan fingerprint density at radius 3 is 2.58 bits per heavy atom. The fourth-order valence-corrected chi connectivity index (χ4v) is 5.94. The monoisotopic (exact) mass is 400 g/mol. The number of thioether (sulfide) groups is 1. The van der Waals surface area contributed by atoms with E-state index in [2.05, 4.69) is 5.32 Å². The van der Waals surface area contributed by atoms with Crippen LogP contribution in [0.5, 0.6) is 0 Å². The van der Waals surface area contributed by atoms with Crippen molar-refractivity contribution in [3.8, 4) is 0 Å². The molecule has 1 aromatic rings. The molecule has 0 aromatic heterocycles. The number of nitrogens with one attached hydrogen (secondary N) is 1. The minimum Gasteiger partial charge on any atom is -0.465 e. The molecule has 1 N–H and O–H groups in total. The molecule has 2 rings (SSSR count). The Kier molecular flexibility index (Phi) is 6.36. The number of carbonyl (C=O) groups excluding carboxylic acids is 2.